The molecule has 0 amide bonds. The molecule has 0 aliphatic rings. The smallest absolute Gasteiger partial charge is 0.137 e. The highest BCUT2D eigenvalue weighted by Gasteiger charge is 2.18. The summed E-state index contributed by atoms with van der Waals surface area (Å²) < 4.78 is 5.19. The third-order valence-electron chi connectivity index (χ3n) is 2.82. The summed E-state index contributed by atoms with van der Waals surface area (Å²) in [6, 6.07) is 0.261. The first-order valence-corrected chi connectivity index (χ1v) is 5.87. The molecule has 0 radical (unpaired) electrons. The predicted octanol–water partition coefficient (Wildman–Crippen LogP) is 1.54. The van der Waals surface area contributed by atoms with E-state index in [2.05, 4.69) is 28.7 Å². The topological polar surface area (TPSA) is 64.3 Å². The van der Waals surface area contributed by atoms with Gasteiger partial charge in [-0.25, -0.2) is 9.97 Å². The molecule has 1 atom stereocenters. The standard InChI is InChI=1S/C12H22N4O/c1-6-16(8(2)7-17-5)12-9(3)11(13)14-10(4)15-12/h8H,6-7H2,1-5H3,(H2,13,14,15). The minimum absolute atomic E-state index is 0.261. The Kier molecular flexibility index (Phi) is 4.69. The molecule has 1 unspecified atom stereocenters. The molecule has 96 valence electrons. The van der Waals surface area contributed by atoms with Crippen molar-refractivity contribution in [3.8, 4) is 0 Å². The Morgan fingerprint density at radius 3 is 2.53 bits per heavy atom. The lowest BCUT2D eigenvalue weighted by Gasteiger charge is -2.30. The normalized spacial score (nSPS) is 12.5. The maximum atomic E-state index is 5.88. The first kappa shape index (κ1) is 13.7. The van der Waals surface area contributed by atoms with Gasteiger partial charge in [-0.3, -0.25) is 0 Å². The maximum absolute atomic E-state index is 5.88. The van der Waals surface area contributed by atoms with E-state index in [1.54, 1.807) is 7.11 Å². The van der Waals surface area contributed by atoms with Gasteiger partial charge >= 0.3 is 0 Å². The van der Waals surface area contributed by atoms with Gasteiger partial charge in [-0.05, 0) is 27.7 Å². The lowest BCUT2D eigenvalue weighted by Crippen LogP contribution is -2.37. The van der Waals surface area contributed by atoms with E-state index in [1.807, 2.05) is 13.8 Å². The molecule has 0 saturated heterocycles. The second-order valence-electron chi connectivity index (χ2n) is 4.20. The molecule has 2 N–H and O–H groups in total. The third kappa shape index (κ3) is 3.06. The minimum atomic E-state index is 0.261. The lowest BCUT2D eigenvalue weighted by atomic mass is 10.2. The summed E-state index contributed by atoms with van der Waals surface area (Å²) >= 11 is 0. The van der Waals surface area contributed by atoms with Crippen molar-refractivity contribution in [1.82, 2.24) is 9.97 Å². The van der Waals surface area contributed by atoms with Crippen LogP contribution in [0.15, 0.2) is 0 Å². The van der Waals surface area contributed by atoms with Crippen LogP contribution in [0.2, 0.25) is 0 Å². The summed E-state index contributed by atoms with van der Waals surface area (Å²) in [4.78, 5) is 10.8. The third-order valence-corrected chi connectivity index (χ3v) is 2.82. The summed E-state index contributed by atoms with van der Waals surface area (Å²) in [6.07, 6.45) is 0. The van der Waals surface area contributed by atoms with Crippen LogP contribution in [-0.2, 0) is 4.74 Å². The first-order chi connectivity index (χ1) is 8.01. The summed E-state index contributed by atoms with van der Waals surface area (Å²) in [5, 5.41) is 0. The van der Waals surface area contributed by atoms with Gasteiger partial charge < -0.3 is 15.4 Å². The fourth-order valence-corrected chi connectivity index (χ4v) is 1.92. The number of nitrogens with two attached hydrogens (primary N) is 1. The number of nitrogen functional groups attached to an aromatic ring is 1. The van der Waals surface area contributed by atoms with Crippen LogP contribution in [0, 0.1) is 13.8 Å². The number of rotatable bonds is 5. The molecule has 0 fully saturated rings. The molecule has 0 spiro atoms. The van der Waals surface area contributed by atoms with Gasteiger partial charge in [-0.15, -0.1) is 0 Å². The van der Waals surface area contributed by atoms with Crippen molar-refractivity contribution in [2.45, 2.75) is 33.7 Å². The fourth-order valence-electron chi connectivity index (χ4n) is 1.92. The lowest BCUT2D eigenvalue weighted by molar-refractivity contribution is 0.181. The zero-order valence-electron chi connectivity index (χ0n) is 11.3. The van der Waals surface area contributed by atoms with Gasteiger partial charge in [0.1, 0.15) is 17.5 Å². The second kappa shape index (κ2) is 5.82. The van der Waals surface area contributed by atoms with Crippen LogP contribution >= 0.6 is 0 Å². The number of anilines is 2. The molecule has 0 bridgehead atoms. The van der Waals surface area contributed by atoms with E-state index < -0.39 is 0 Å². The van der Waals surface area contributed by atoms with Crippen LogP contribution in [0.4, 0.5) is 11.6 Å². The minimum Gasteiger partial charge on any atom is -0.383 e. The Labute approximate surface area is 103 Å². The molecule has 5 heteroatoms. The van der Waals surface area contributed by atoms with E-state index in [4.69, 9.17) is 10.5 Å². The Hall–Kier alpha value is -1.36. The molecule has 1 aromatic heterocycles. The highest BCUT2D eigenvalue weighted by molar-refractivity contribution is 5.56. The number of ether oxygens (including phenoxy) is 1. The number of aromatic nitrogens is 2. The average Bonchev–Trinajstić information content (AvgIpc) is 2.26. The van der Waals surface area contributed by atoms with E-state index in [0.717, 1.165) is 17.9 Å². The first-order valence-electron chi connectivity index (χ1n) is 5.87. The van der Waals surface area contributed by atoms with Crippen molar-refractivity contribution in [3.05, 3.63) is 11.4 Å². The van der Waals surface area contributed by atoms with Gasteiger partial charge in [-0.2, -0.15) is 0 Å². The largest absolute Gasteiger partial charge is 0.383 e. The van der Waals surface area contributed by atoms with Crippen molar-refractivity contribution < 1.29 is 4.74 Å². The molecule has 5 nitrogen and oxygen atoms in total. The fraction of sp³-hybridized carbons (Fsp3) is 0.667. The van der Waals surface area contributed by atoms with Crippen molar-refractivity contribution in [2.75, 3.05) is 30.9 Å². The van der Waals surface area contributed by atoms with Gasteiger partial charge in [0.2, 0.25) is 0 Å². The van der Waals surface area contributed by atoms with Gasteiger partial charge in [-0.1, -0.05) is 0 Å². The number of likely N-dealkylation sites (N-methyl/N-ethyl adjacent to an activating group) is 1. The zero-order valence-corrected chi connectivity index (χ0v) is 11.3. The number of nitrogens with zero attached hydrogens (tertiary/aromatic N) is 3. The average molecular weight is 238 g/mol. The van der Waals surface area contributed by atoms with Crippen LogP contribution in [-0.4, -0.2) is 36.3 Å². The monoisotopic (exact) mass is 238 g/mol. The van der Waals surface area contributed by atoms with Gasteiger partial charge in [0.15, 0.2) is 0 Å². The molecule has 0 saturated carbocycles. The summed E-state index contributed by atoms with van der Waals surface area (Å²) in [5.41, 5.74) is 6.81. The number of hydrogen-bond acceptors (Lipinski definition) is 5. The second-order valence-corrected chi connectivity index (χ2v) is 4.20. The van der Waals surface area contributed by atoms with E-state index in [-0.39, 0.29) is 6.04 Å². The highest BCUT2D eigenvalue weighted by Crippen LogP contribution is 2.23. The molecule has 1 heterocycles. The number of hydrogen-bond donors (Lipinski definition) is 1. The SMILES string of the molecule is CCN(c1nc(C)nc(N)c1C)C(C)COC. The van der Waals surface area contributed by atoms with Crippen molar-refractivity contribution in [1.29, 1.82) is 0 Å². The van der Waals surface area contributed by atoms with Crippen LogP contribution in [0.3, 0.4) is 0 Å². The molecular formula is C12H22N4O. The maximum Gasteiger partial charge on any atom is 0.137 e. The van der Waals surface area contributed by atoms with E-state index in [9.17, 15) is 0 Å². The summed E-state index contributed by atoms with van der Waals surface area (Å²) in [7, 11) is 1.71. The Morgan fingerprint density at radius 1 is 1.35 bits per heavy atom. The Morgan fingerprint density at radius 2 is 2.00 bits per heavy atom. The van der Waals surface area contributed by atoms with E-state index in [1.165, 1.54) is 0 Å². The van der Waals surface area contributed by atoms with Crippen LogP contribution in [0.25, 0.3) is 0 Å². The molecule has 0 aromatic carbocycles. The molecular weight excluding hydrogens is 216 g/mol. The van der Waals surface area contributed by atoms with E-state index >= 15 is 0 Å². The van der Waals surface area contributed by atoms with Crippen LogP contribution in [0.5, 0.6) is 0 Å². The van der Waals surface area contributed by atoms with Crippen LogP contribution < -0.4 is 10.6 Å². The number of methoxy groups -OCH3 is 1. The highest BCUT2D eigenvalue weighted by atomic mass is 16.5. The molecule has 1 rings (SSSR count). The summed E-state index contributed by atoms with van der Waals surface area (Å²) in [5.74, 6) is 2.16. The Bertz CT molecular complexity index is 381. The molecule has 0 aliphatic carbocycles. The van der Waals surface area contributed by atoms with Gasteiger partial charge in [0.25, 0.3) is 0 Å². The molecule has 0 aliphatic heterocycles. The number of aryl methyl sites for hydroxylation is 1. The summed E-state index contributed by atoms with van der Waals surface area (Å²) in [6.45, 7) is 9.54. The predicted molar refractivity (Wildman–Crippen MR) is 70.3 cm³/mol. The van der Waals surface area contributed by atoms with Gasteiger partial charge in [0, 0.05) is 19.2 Å². The van der Waals surface area contributed by atoms with Crippen molar-refractivity contribution in [3.63, 3.8) is 0 Å². The van der Waals surface area contributed by atoms with E-state index in [0.29, 0.717) is 18.2 Å². The van der Waals surface area contributed by atoms with Crippen molar-refractivity contribution >= 4 is 11.6 Å². The molecule has 1 aromatic rings. The van der Waals surface area contributed by atoms with Crippen LogP contribution in [0.1, 0.15) is 25.2 Å². The Balaban J connectivity index is 3.11. The van der Waals surface area contributed by atoms with Crippen molar-refractivity contribution in [2.24, 2.45) is 0 Å². The quantitative estimate of drug-likeness (QED) is 0.843. The van der Waals surface area contributed by atoms with Gasteiger partial charge in [0.05, 0.1) is 12.6 Å². The molecule has 17 heavy (non-hydrogen) atoms. The zero-order chi connectivity index (χ0) is 13.0.